The Kier molecular flexibility index (Phi) is 13.1. The normalized spacial score (nSPS) is 15.4. The van der Waals surface area contributed by atoms with Crippen LogP contribution >= 0.6 is 35.1 Å². The highest BCUT2D eigenvalue weighted by molar-refractivity contribution is 7.98. The molecule has 0 unspecified atom stereocenters. The van der Waals surface area contributed by atoms with Gasteiger partial charge in [-0.05, 0) is 117 Å². The molecule has 0 radical (unpaired) electrons. The van der Waals surface area contributed by atoms with Crippen molar-refractivity contribution < 1.29 is 0 Å². The van der Waals surface area contributed by atoms with Crippen LogP contribution in [0.5, 0.6) is 0 Å². The van der Waals surface area contributed by atoms with Crippen molar-refractivity contribution >= 4 is 63.4 Å². The summed E-state index contributed by atoms with van der Waals surface area (Å²) in [5.74, 6) is 0.826. The molecule has 1 aromatic heterocycles. The number of fused-ring (bicyclic) bond motifs is 2. The average Bonchev–Trinajstić information content (AvgIpc) is 3.61. The quantitative estimate of drug-likeness (QED) is 0.0492. The van der Waals surface area contributed by atoms with E-state index in [0.29, 0.717) is 23.1 Å². The van der Waals surface area contributed by atoms with E-state index in [2.05, 4.69) is 65.1 Å². The minimum atomic E-state index is 0.0882. The molecule has 9 heteroatoms. The molecular formula is C42H44Cl2N6S. The number of hydrogen-bond acceptors (Lipinski definition) is 5. The third-order valence-corrected chi connectivity index (χ3v) is 10.2. The standard InChI is InChI=1S/C39H38Cl2N6S.C3H6/c40-29-18-16-28(17-19-29)37-34(27-10-2-1-3-11-27)26-47(45-37)39(46-48-31-22-20-30(41)21-23-31)43-25-9-8-24-42-38-32-12-4-6-14-35(32)44-36-15-7-5-13-33(36)38;1-3-2/h1-4,6,10-12,14,16-23,34H,5,7-9,13,15,24-26H2,(H,42,44)(H,43,46);3H,1H2,2H3/t34-;/m1./s1. The maximum Gasteiger partial charge on any atom is 0.225 e. The molecule has 51 heavy (non-hydrogen) atoms. The zero-order chi connectivity index (χ0) is 35.4. The molecule has 1 aliphatic heterocycles. The van der Waals surface area contributed by atoms with Crippen LogP contribution in [0.3, 0.4) is 0 Å². The van der Waals surface area contributed by atoms with Crippen LogP contribution in [-0.2, 0) is 12.8 Å². The summed E-state index contributed by atoms with van der Waals surface area (Å²) in [4.78, 5) is 11.1. The molecule has 2 N–H and O–H groups in total. The number of hydrazone groups is 1. The fraction of sp³-hybridized carbons (Fsp3) is 0.262. The summed E-state index contributed by atoms with van der Waals surface area (Å²) in [6.07, 6.45) is 8.30. The molecule has 4 aromatic carbocycles. The Balaban J connectivity index is 0.00000144. The summed E-state index contributed by atoms with van der Waals surface area (Å²) < 4.78 is 3.52. The molecule has 0 saturated heterocycles. The summed E-state index contributed by atoms with van der Waals surface area (Å²) in [7, 11) is 0. The third-order valence-electron chi connectivity index (χ3n) is 8.89. The summed E-state index contributed by atoms with van der Waals surface area (Å²) in [5, 5.41) is 13.6. The van der Waals surface area contributed by atoms with E-state index in [-0.39, 0.29) is 5.92 Å². The number of aliphatic imine (C=N–C) groups is 1. The molecule has 6 nitrogen and oxygen atoms in total. The monoisotopic (exact) mass is 734 g/mol. The van der Waals surface area contributed by atoms with E-state index in [1.54, 1.807) is 6.08 Å². The van der Waals surface area contributed by atoms with E-state index in [4.69, 9.17) is 38.3 Å². The van der Waals surface area contributed by atoms with Gasteiger partial charge < -0.3 is 5.32 Å². The topological polar surface area (TPSA) is 64.9 Å². The lowest BCUT2D eigenvalue weighted by atomic mass is 9.91. The van der Waals surface area contributed by atoms with Gasteiger partial charge in [-0.15, -0.1) is 6.58 Å². The second-order valence-corrected chi connectivity index (χ2v) is 14.3. The molecule has 1 aliphatic carbocycles. The van der Waals surface area contributed by atoms with Crippen LogP contribution in [-0.4, -0.2) is 41.3 Å². The molecule has 1 atom stereocenters. The van der Waals surface area contributed by atoms with Crippen molar-refractivity contribution in [3.8, 4) is 0 Å². The number of benzene rings is 4. The van der Waals surface area contributed by atoms with Gasteiger partial charge in [0.05, 0.1) is 17.8 Å². The number of aryl methyl sites for hydroxylation is 1. The first kappa shape index (κ1) is 36.5. The van der Waals surface area contributed by atoms with Crippen molar-refractivity contribution in [1.29, 1.82) is 0 Å². The zero-order valence-corrected chi connectivity index (χ0v) is 31.3. The van der Waals surface area contributed by atoms with Crippen LogP contribution in [0.15, 0.2) is 131 Å². The van der Waals surface area contributed by atoms with Crippen molar-refractivity contribution in [2.24, 2.45) is 10.1 Å². The van der Waals surface area contributed by atoms with Crippen molar-refractivity contribution in [2.75, 3.05) is 25.0 Å². The number of unbranched alkanes of at least 4 members (excludes halogenated alkanes) is 1. The molecule has 0 saturated carbocycles. The SMILES string of the molecule is C=CC.Clc1ccc(SNC(=NCCCCNc2c3c(nc4ccccc24)CCCC3)N2C[C@H](c3ccccc3)C(c3ccc(Cl)cc3)=N2)cc1. The number of guanidine groups is 1. The third kappa shape index (κ3) is 9.53. The highest BCUT2D eigenvalue weighted by Gasteiger charge is 2.31. The van der Waals surface area contributed by atoms with Crippen LogP contribution in [0.25, 0.3) is 10.9 Å². The molecule has 7 rings (SSSR count). The maximum absolute atomic E-state index is 6.25. The molecule has 5 aromatic rings. The smallest absolute Gasteiger partial charge is 0.225 e. The summed E-state index contributed by atoms with van der Waals surface area (Å²) >= 11 is 13.9. The van der Waals surface area contributed by atoms with Gasteiger partial charge in [0.1, 0.15) is 0 Å². The molecular weight excluding hydrogens is 691 g/mol. The van der Waals surface area contributed by atoms with Crippen LogP contribution < -0.4 is 10.0 Å². The van der Waals surface area contributed by atoms with Gasteiger partial charge >= 0.3 is 0 Å². The summed E-state index contributed by atoms with van der Waals surface area (Å²) in [6, 6.07) is 34.8. The number of para-hydroxylation sites is 1. The van der Waals surface area contributed by atoms with Gasteiger partial charge in [-0.3, -0.25) is 14.7 Å². The molecule has 0 bridgehead atoms. The Labute approximate surface area is 316 Å². The Morgan fingerprint density at radius 1 is 0.902 bits per heavy atom. The van der Waals surface area contributed by atoms with Gasteiger partial charge in [0.15, 0.2) is 0 Å². The maximum atomic E-state index is 6.25. The predicted molar refractivity (Wildman–Crippen MR) is 219 cm³/mol. The van der Waals surface area contributed by atoms with Crippen LogP contribution in [0, 0.1) is 0 Å². The number of halogens is 2. The van der Waals surface area contributed by atoms with Crippen LogP contribution in [0.4, 0.5) is 5.69 Å². The van der Waals surface area contributed by atoms with Crippen molar-refractivity contribution in [3.05, 3.63) is 148 Å². The van der Waals surface area contributed by atoms with E-state index in [1.165, 1.54) is 52.7 Å². The first-order valence-electron chi connectivity index (χ1n) is 17.6. The van der Waals surface area contributed by atoms with Gasteiger partial charge in [-0.2, -0.15) is 5.10 Å². The number of anilines is 1. The highest BCUT2D eigenvalue weighted by atomic mass is 35.5. The van der Waals surface area contributed by atoms with Gasteiger partial charge in [0, 0.05) is 50.7 Å². The first-order chi connectivity index (χ1) is 25.0. The number of nitrogens with zero attached hydrogens (tertiary/aromatic N) is 4. The summed E-state index contributed by atoms with van der Waals surface area (Å²) in [6.45, 7) is 7.49. The van der Waals surface area contributed by atoms with Gasteiger partial charge in [-0.25, -0.2) is 5.01 Å². The van der Waals surface area contributed by atoms with Gasteiger partial charge in [0.2, 0.25) is 5.96 Å². The minimum Gasteiger partial charge on any atom is -0.384 e. The number of rotatable bonds is 10. The molecule has 0 fully saturated rings. The molecule has 0 amide bonds. The molecule has 0 spiro atoms. The average molecular weight is 736 g/mol. The van der Waals surface area contributed by atoms with E-state index < -0.39 is 0 Å². The van der Waals surface area contributed by atoms with Gasteiger partial charge in [-0.1, -0.05) is 89.9 Å². The Bertz CT molecular complexity index is 1960. The predicted octanol–water partition coefficient (Wildman–Crippen LogP) is 11.0. The number of nitrogens with one attached hydrogen (secondary N) is 2. The lowest BCUT2D eigenvalue weighted by Crippen LogP contribution is -2.34. The fourth-order valence-corrected chi connectivity index (χ4v) is 7.35. The van der Waals surface area contributed by atoms with Crippen LogP contribution in [0.1, 0.15) is 60.9 Å². The highest BCUT2D eigenvalue weighted by Crippen LogP contribution is 2.34. The van der Waals surface area contributed by atoms with Crippen molar-refractivity contribution in [1.82, 2.24) is 14.7 Å². The fourth-order valence-electron chi connectivity index (χ4n) is 6.45. The Hall–Kier alpha value is -4.30. The van der Waals surface area contributed by atoms with Gasteiger partial charge in [0.25, 0.3) is 0 Å². The first-order valence-corrected chi connectivity index (χ1v) is 19.2. The Morgan fingerprint density at radius 3 is 2.35 bits per heavy atom. The molecule has 2 heterocycles. The van der Waals surface area contributed by atoms with Crippen molar-refractivity contribution in [3.63, 3.8) is 0 Å². The number of hydrogen-bond donors (Lipinski definition) is 2. The molecule has 262 valence electrons. The number of allylic oxidation sites excluding steroid dienone is 1. The lowest BCUT2D eigenvalue weighted by molar-refractivity contribution is 0.463. The number of aromatic nitrogens is 1. The second-order valence-electron chi connectivity index (χ2n) is 12.6. The van der Waals surface area contributed by atoms with E-state index in [0.717, 1.165) is 59.9 Å². The summed E-state index contributed by atoms with van der Waals surface area (Å²) in [5.41, 5.74) is 8.29. The zero-order valence-electron chi connectivity index (χ0n) is 29.0. The van der Waals surface area contributed by atoms with Crippen LogP contribution in [0.2, 0.25) is 10.0 Å². The van der Waals surface area contributed by atoms with E-state index in [1.807, 2.05) is 66.5 Å². The van der Waals surface area contributed by atoms with E-state index >= 15 is 0 Å². The lowest BCUT2D eigenvalue weighted by Gasteiger charge is -2.21. The molecule has 2 aliphatic rings. The van der Waals surface area contributed by atoms with Crippen molar-refractivity contribution in [2.45, 2.75) is 56.3 Å². The number of pyridine rings is 1. The largest absolute Gasteiger partial charge is 0.384 e. The minimum absolute atomic E-state index is 0.0882. The second kappa shape index (κ2) is 18.3. The Morgan fingerprint density at radius 2 is 1.59 bits per heavy atom. The van der Waals surface area contributed by atoms with E-state index in [9.17, 15) is 0 Å².